The molecule has 0 radical (unpaired) electrons. The van der Waals surface area contributed by atoms with E-state index in [1.165, 1.54) is 12.0 Å². The molecule has 8 nitrogen and oxygen atoms in total. The van der Waals surface area contributed by atoms with E-state index in [2.05, 4.69) is 15.4 Å². The van der Waals surface area contributed by atoms with Crippen LogP contribution in [0.25, 0.3) is 0 Å². The number of methoxy groups -OCH3 is 1. The molecule has 8 heteroatoms. The summed E-state index contributed by atoms with van der Waals surface area (Å²) in [4.78, 5) is 35.5. The van der Waals surface area contributed by atoms with Crippen molar-refractivity contribution in [3.05, 3.63) is 0 Å². The molecule has 1 aliphatic heterocycles. The van der Waals surface area contributed by atoms with E-state index in [-0.39, 0.29) is 19.1 Å². The van der Waals surface area contributed by atoms with Crippen LogP contribution in [0.2, 0.25) is 0 Å². The van der Waals surface area contributed by atoms with E-state index in [0.29, 0.717) is 19.5 Å². The summed E-state index contributed by atoms with van der Waals surface area (Å²) >= 11 is 0. The van der Waals surface area contributed by atoms with Crippen molar-refractivity contribution in [1.82, 2.24) is 15.5 Å². The fourth-order valence-corrected chi connectivity index (χ4v) is 1.69. The number of ether oxygens (including phenoxy) is 1. The quantitative estimate of drug-likeness (QED) is 0.507. The van der Waals surface area contributed by atoms with E-state index in [9.17, 15) is 14.4 Å². The summed E-state index contributed by atoms with van der Waals surface area (Å²) in [5, 5.41) is 5.00. The minimum atomic E-state index is -0.667. The van der Waals surface area contributed by atoms with Gasteiger partial charge in [-0.15, -0.1) is 0 Å². The molecule has 0 aliphatic carbocycles. The average Bonchev–Trinajstić information content (AvgIpc) is 2.83. The van der Waals surface area contributed by atoms with Crippen LogP contribution in [0.1, 0.15) is 6.42 Å². The second-order valence-electron chi connectivity index (χ2n) is 3.92. The van der Waals surface area contributed by atoms with Gasteiger partial charge in [0.05, 0.1) is 13.2 Å². The number of rotatable bonds is 3. The highest BCUT2D eigenvalue weighted by atomic mass is 16.5. The predicted molar refractivity (Wildman–Crippen MR) is 62.6 cm³/mol. The topological polar surface area (TPSA) is 114 Å². The molecule has 3 amide bonds. The first-order chi connectivity index (χ1) is 8.58. The van der Waals surface area contributed by atoms with Crippen LogP contribution in [0.5, 0.6) is 0 Å². The molecule has 102 valence electrons. The van der Waals surface area contributed by atoms with Gasteiger partial charge in [0.25, 0.3) is 0 Å². The number of carbonyl (C=O) groups is 3. The van der Waals surface area contributed by atoms with Crippen LogP contribution in [-0.2, 0) is 14.3 Å². The van der Waals surface area contributed by atoms with E-state index in [0.717, 1.165) is 0 Å². The van der Waals surface area contributed by atoms with E-state index < -0.39 is 17.9 Å². The summed E-state index contributed by atoms with van der Waals surface area (Å²) in [6.07, 6.45) is 0.0623. The summed E-state index contributed by atoms with van der Waals surface area (Å²) in [6.45, 7) is 1.29. The van der Waals surface area contributed by atoms with Crippen molar-refractivity contribution in [2.24, 2.45) is 5.73 Å². The Morgan fingerprint density at radius 1 is 1.44 bits per heavy atom. The number of hydrogen-bond donors (Lipinski definition) is 3. The van der Waals surface area contributed by atoms with E-state index >= 15 is 0 Å². The fraction of sp³-hybridized carbons (Fsp3) is 0.700. The maximum Gasteiger partial charge on any atom is 0.407 e. The summed E-state index contributed by atoms with van der Waals surface area (Å²) in [5.74, 6) is -1.27. The molecular weight excluding hydrogens is 240 g/mol. The van der Waals surface area contributed by atoms with E-state index in [1.54, 1.807) is 0 Å². The largest absolute Gasteiger partial charge is 0.453 e. The first-order valence-corrected chi connectivity index (χ1v) is 5.70. The molecule has 4 N–H and O–H groups in total. The van der Waals surface area contributed by atoms with Gasteiger partial charge in [-0.1, -0.05) is 0 Å². The van der Waals surface area contributed by atoms with Crippen LogP contribution >= 0.6 is 0 Å². The van der Waals surface area contributed by atoms with Crippen LogP contribution in [0, 0.1) is 0 Å². The Bertz CT molecular complexity index is 334. The van der Waals surface area contributed by atoms with E-state index in [4.69, 9.17) is 5.73 Å². The first-order valence-electron chi connectivity index (χ1n) is 5.70. The molecular formula is C10H18N4O4. The number of likely N-dealkylation sites (tertiary alicyclic amines) is 1. The minimum absolute atomic E-state index is 0.177. The Morgan fingerprint density at radius 2 is 2.17 bits per heavy atom. The second kappa shape index (κ2) is 6.80. The zero-order valence-electron chi connectivity index (χ0n) is 10.3. The zero-order chi connectivity index (χ0) is 13.5. The molecule has 1 aliphatic rings. The van der Waals surface area contributed by atoms with Crippen LogP contribution in [0.15, 0.2) is 0 Å². The fourth-order valence-electron chi connectivity index (χ4n) is 1.69. The second-order valence-corrected chi connectivity index (χ2v) is 3.92. The van der Waals surface area contributed by atoms with Crippen molar-refractivity contribution in [3.63, 3.8) is 0 Å². The SMILES string of the molecule is COC(=O)NC1CCN(C(=O)C(=O)NCCN)C1. The highest BCUT2D eigenvalue weighted by Crippen LogP contribution is 2.09. The van der Waals surface area contributed by atoms with Gasteiger partial charge in [-0.25, -0.2) is 4.79 Å². The van der Waals surface area contributed by atoms with Crippen LogP contribution in [-0.4, -0.2) is 62.1 Å². The Morgan fingerprint density at radius 3 is 2.78 bits per heavy atom. The number of nitrogens with zero attached hydrogens (tertiary/aromatic N) is 1. The van der Waals surface area contributed by atoms with Crippen molar-refractivity contribution in [2.75, 3.05) is 33.3 Å². The lowest BCUT2D eigenvalue weighted by atomic mass is 10.3. The van der Waals surface area contributed by atoms with E-state index in [1.807, 2.05) is 0 Å². The molecule has 1 rings (SSSR count). The molecule has 1 saturated heterocycles. The average molecular weight is 258 g/mol. The van der Waals surface area contributed by atoms with Crippen molar-refractivity contribution >= 4 is 17.9 Å². The normalized spacial score (nSPS) is 18.3. The molecule has 0 aromatic heterocycles. The van der Waals surface area contributed by atoms with Gasteiger partial charge >= 0.3 is 17.9 Å². The lowest BCUT2D eigenvalue weighted by Crippen LogP contribution is -2.45. The molecule has 0 saturated carbocycles. The van der Waals surface area contributed by atoms with Gasteiger partial charge in [0.1, 0.15) is 0 Å². The number of alkyl carbamates (subject to hydrolysis) is 1. The molecule has 1 atom stereocenters. The van der Waals surface area contributed by atoms with Gasteiger partial charge < -0.3 is 26.0 Å². The Balaban J connectivity index is 2.38. The van der Waals surface area contributed by atoms with Gasteiger partial charge in [-0.3, -0.25) is 9.59 Å². The van der Waals surface area contributed by atoms with Crippen LogP contribution in [0.3, 0.4) is 0 Å². The van der Waals surface area contributed by atoms with Crippen molar-refractivity contribution in [3.8, 4) is 0 Å². The molecule has 0 bridgehead atoms. The molecule has 0 aromatic carbocycles. The number of carbonyl (C=O) groups excluding carboxylic acids is 3. The molecule has 1 fully saturated rings. The maximum absolute atomic E-state index is 11.7. The third kappa shape index (κ3) is 3.88. The highest BCUT2D eigenvalue weighted by Gasteiger charge is 2.30. The summed E-state index contributed by atoms with van der Waals surface area (Å²) in [5.41, 5.74) is 5.22. The number of amides is 3. The standard InChI is InChI=1S/C10H18N4O4/c1-18-10(17)13-7-2-5-14(6-7)9(16)8(15)12-4-3-11/h7H,2-6,11H2,1H3,(H,12,15)(H,13,17). The molecule has 1 unspecified atom stereocenters. The number of nitrogens with one attached hydrogen (secondary N) is 2. The van der Waals surface area contributed by atoms with Gasteiger partial charge in [-0.2, -0.15) is 0 Å². The van der Waals surface area contributed by atoms with Crippen molar-refractivity contribution in [1.29, 1.82) is 0 Å². The van der Waals surface area contributed by atoms with Crippen molar-refractivity contribution in [2.45, 2.75) is 12.5 Å². The van der Waals surface area contributed by atoms with Crippen LogP contribution < -0.4 is 16.4 Å². The highest BCUT2D eigenvalue weighted by molar-refractivity contribution is 6.35. The van der Waals surface area contributed by atoms with Gasteiger partial charge in [-0.05, 0) is 6.42 Å². The Hall–Kier alpha value is -1.83. The lowest BCUT2D eigenvalue weighted by Gasteiger charge is -2.16. The van der Waals surface area contributed by atoms with Crippen LogP contribution in [0.4, 0.5) is 4.79 Å². The summed E-state index contributed by atoms with van der Waals surface area (Å²) < 4.78 is 4.46. The van der Waals surface area contributed by atoms with Gasteiger partial charge in [0.2, 0.25) is 0 Å². The predicted octanol–water partition coefficient (Wildman–Crippen LogP) is -1.98. The first kappa shape index (κ1) is 14.2. The smallest absolute Gasteiger partial charge is 0.407 e. The van der Waals surface area contributed by atoms with Gasteiger partial charge in [0.15, 0.2) is 0 Å². The van der Waals surface area contributed by atoms with Crippen molar-refractivity contribution < 1.29 is 19.1 Å². The summed E-state index contributed by atoms with van der Waals surface area (Å²) in [6, 6.07) is -0.177. The van der Waals surface area contributed by atoms with Gasteiger partial charge in [0, 0.05) is 26.2 Å². The molecule has 0 spiro atoms. The monoisotopic (exact) mass is 258 g/mol. The molecule has 18 heavy (non-hydrogen) atoms. The zero-order valence-corrected chi connectivity index (χ0v) is 10.3. The third-order valence-corrected chi connectivity index (χ3v) is 2.61. The Labute approximate surface area is 105 Å². The Kier molecular flexibility index (Phi) is 5.37. The lowest BCUT2D eigenvalue weighted by molar-refractivity contribution is -0.145. The minimum Gasteiger partial charge on any atom is -0.453 e. The molecule has 0 aromatic rings. The number of hydrogen-bond acceptors (Lipinski definition) is 5. The molecule has 1 heterocycles. The summed E-state index contributed by atoms with van der Waals surface area (Å²) in [7, 11) is 1.27. The third-order valence-electron chi connectivity index (χ3n) is 2.61. The number of nitrogens with two attached hydrogens (primary N) is 1. The maximum atomic E-state index is 11.7.